The molecule has 0 aliphatic carbocycles. The number of carbonyl (C=O) groups is 5. The van der Waals surface area contributed by atoms with Crippen LogP contribution in [-0.2, 0) is 14.3 Å². The van der Waals surface area contributed by atoms with E-state index >= 15 is 0 Å². The molecule has 2 atom stereocenters. The molecule has 10 heteroatoms. The minimum absolute atomic E-state index is 0.120. The third kappa shape index (κ3) is 3.47. The van der Waals surface area contributed by atoms with Crippen LogP contribution in [0.25, 0.3) is 0 Å². The Balaban J connectivity index is 1.76. The van der Waals surface area contributed by atoms with E-state index in [-0.39, 0.29) is 23.4 Å². The van der Waals surface area contributed by atoms with Gasteiger partial charge in [-0.15, -0.1) is 0 Å². The molecule has 5 amide bonds. The second-order valence-electron chi connectivity index (χ2n) is 6.30. The van der Waals surface area contributed by atoms with E-state index in [0.717, 1.165) is 9.80 Å². The highest BCUT2D eigenvalue weighted by molar-refractivity contribution is 7.98. The molecule has 1 fully saturated rings. The quantitative estimate of drug-likeness (QED) is 0.541. The van der Waals surface area contributed by atoms with Gasteiger partial charge in [0.1, 0.15) is 6.04 Å². The van der Waals surface area contributed by atoms with Crippen LogP contribution in [0.5, 0.6) is 0 Å². The minimum Gasteiger partial charge on any atom is -0.451 e. The average Bonchev–Trinajstić information content (AvgIpc) is 3.21. The van der Waals surface area contributed by atoms with Crippen molar-refractivity contribution < 1.29 is 28.7 Å². The second kappa shape index (κ2) is 8.01. The topological polar surface area (TPSA) is 113 Å². The summed E-state index contributed by atoms with van der Waals surface area (Å²) in [4.78, 5) is 63.8. The maximum atomic E-state index is 12.7. The van der Waals surface area contributed by atoms with Gasteiger partial charge in [0, 0.05) is 18.8 Å². The summed E-state index contributed by atoms with van der Waals surface area (Å²) in [6, 6.07) is 4.60. The number of hydrogen-bond acceptors (Lipinski definition) is 7. The number of rotatable bonds is 6. The Kier molecular flexibility index (Phi) is 5.68. The van der Waals surface area contributed by atoms with Crippen LogP contribution in [0.2, 0.25) is 0 Å². The van der Waals surface area contributed by atoms with Crippen LogP contribution in [-0.4, -0.2) is 76.8 Å². The van der Waals surface area contributed by atoms with Gasteiger partial charge in [0.25, 0.3) is 17.7 Å². The summed E-state index contributed by atoms with van der Waals surface area (Å²) in [6.45, 7) is 1.87. The summed E-state index contributed by atoms with van der Waals surface area (Å²) in [7, 11) is 0. The lowest BCUT2D eigenvalue weighted by molar-refractivity contribution is -0.160. The molecule has 1 saturated heterocycles. The predicted molar refractivity (Wildman–Crippen MR) is 99.8 cm³/mol. The average molecular weight is 405 g/mol. The number of nitrogens with zero attached hydrogens (tertiary/aromatic N) is 2. The molecule has 2 aliphatic rings. The molecule has 28 heavy (non-hydrogen) atoms. The number of thioether (sulfide) groups is 1. The van der Waals surface area contributed by atoms with Gasteiger partial charge in [-0.1, -0.05) is 12.1 Å². The highest BCUT2D eigenvalue weighted by Gasteiger charge is 2.44. The van der Waals surface area contributed by atoms with E-state index < -0.39 is 41.9 Å². The Hall–Kier alpha value is -2.88. The fraction of sp³-hybridized carbons (Fsp3) is 0.389. The Bertz CT molecular complexity index is 822. The van der Waals surface area contributed by atoms with Crippen molar-refractivity contribution in [2.75, 3.05) is 25.1 Å². The van der Waals surface area contributed by atoms with Gasteiger partial charge in [-0.25, -0.2) is 9.59 Å². The number of ether oxygens (including phenoxy) is 1. The molecule has 2 heterocycles. The van der Waals surface area contributed by atoms with Crippen molar-refractivity contribution in [3.05, 3.63) is 35.4 Å². The van der Waals surface area contributed by atoms with Crippen molar-refractivity contribution in [2.45, 2.75) is 19.1 Å². The van der Waals surface area contributed by atoms with Crippen LogP contribution >= 0.6 is 11.8 Å². The number of esters is 1. The summed E-state index contributed by atoms with van der Waals surface area (Å²) in [5, 5.41) is 2.49. The fourth-order valence-corrected chi connectivity index (χ4v) is 3.70. The van der Waals surface area contributed by atoms with E-state index in [4.69, 9.17) is 4.74 Å². The molecule has 1 aromatic rings. The van der Waals surface area contributed by atoms with Crippen LogP contribution in [0.4, 0.5) is 4.79 Å². The first kappa shape index (κ1) is 19.9. The predicted octanol–water partition coefficient (Wildman–Crippen LogP) is 0.498. The number of carbonyl (C=O) groups excluding carboxylic acids is 5. The monoisotopic (exact) mass is 405 g/mol. The number of amides is 5. The standard InChI is InChI=1S/C18H19N3O6S/c1-10(14(22)20-8-7-19-18(20)26)27-17(25)13(9-28-2)21-15(23)11-5-3-4-6-12(11)16(21)24/h3-6,10,13H,7-9H2,1-2H3,(H,19,26)/t10-,13-/m0/s1. The van der Waals surface area contributed by atoms with Crippen molar-refractivity contribution in [3.63, 3.8) is 0 Å². The first-order valence-corrected chi connectivity index (χ1v) is 10.0. The van der Waals surface area contributed by atoms with E-state index in [0.29, 0.717) is 6.54 Å². The fourth-order valence-electron chi connectivity index (χ4n) is 3.10. The number of imide groups is 2. The zero-order chi connectivity index (χ0) is 20.4. The zero-order valence-electron chi connectivity index (χ0n) is 15.3. The molecule has 0 unspecified atom stereocenters. The summed E-state index contributed by atoms with van der Waals surface area (Å²) in [6.07, 6.45) is 0.498. The Morgan fingerprint density at radius 3 is 2.29 bits per heavy atom. The summed E-state index contributed by atoms with van der Waals surface area (Å²) < 4.78 is 5.23. The molecular weight excluding hydrogens is 386 g/mol. The van der Waals surface area contributed by atoms with Crippen LogP contribution in [0.1, 0.15) is 27.6 Å². The Morgan fingerprint density at radius 1 is 1.18 bits per heavy atom. The number of benzene rings is 1. The molecule has 9 nitrogen and oxygen atoms in total. The highest BCUT2D eigenvalue weighted by atomic mass is 32.2. The smallest absolute Gasteiger partial charge is 0.331 e. The first-order chi connectivity index (χ1) is 13.4. The van der Waals surface area contributed by atoms with Gasteiger partial charge >= 0.3 is 12.0 Å². The second-order valence-corrected chi connectivity index (χ2v) is 7.21. The zero-order valence-corrected chi connectivity index (χ0v) is 16.2. The van der Waals surface area contributed by atoms with E-state index in [1.54, 1.807) is 18.4 Å². The van der Waals surface area contributed by atoms with Gasteiger partial charge in [0.15, 0.2) is 6.10 Å². The van der Waals surface area contributed by atoms with E-state index in [1.165, 1.54) is 30.8 Å². The molecule has 0 aromatic heterocycles. The summed E-state index contributed by atoms with van der Waals surface area (Å²) >= 11 is 1.26. The van der Waals surface area contributed by atoms with Crippen LogP contribution in [0.15, 0.2) is 24.3 Å². The van der Waals surface area contributed by atoms with Crippen LogP contribution < -0.4 is 5.32 Å². The lowest BCUT2D eigenvalue weighted by Gasteiger charge is -2.26. The van der Waals surface area contributed by atoms with Crippen molar-refractivity contribution in [2.24, 2.45) is 0 Å². The lowest BCUT2D eigenvalue weighted by Crippen LogP contribution is -2.49. The lowest BCUT2D eigenvalue weighted by atomic mass is 10.1. The third-order valence-electron chi connectivity index (χ3n) is 4.50. The maximum absolute atomic E-state index is 12.7. The molecule has 1 aromatic carbocycles. The van der Waals surface area contributed by atoms with Crippen LogP contribution in [0, 0.1) is 0 Å². The molecule has 0 spiro atoms. The Morgan fingerprint density at radius 2 is 1.79 bits per heavy atom. The molecule has 1 N–H and O–H groups in total. The summed E-state index contributed by atoms with van der Waals surface area (Å²) in [5.74, 6) is -2.56. The molecular formula is C18H19N3O6S. The van der Waals surface area contributed by atoms with E-state index in [1.807, 2.05) is 0 Å². The highest BCUT2D eigenvalue weighted by Crippen LogP contribution is 2.26. The molecule has 2 aliphatic heterocycles. The SMILES string of the molecule is CSC[C@@H](C(=O)O[C@@H](C)C(=O)N1CCNC1=O)N1C(=O)c2ccccc2C1=O. The van der Waals surface area contributed by atoms with Crippen molar-refractivity contribution in [3.8, 4) is 0 Å². The number of nitrogens with one attached hydrogen (secondary N) is 1. The van der Waals surface area contributed by atoms with Gasteiger partial charge in [0.05, 0.1) is 11.1 Å². The third-order valence-corrected chi connectivity index (χ3v) is 5.15. The van der Waals surface area contributed by atoms with Crippen LogP contribution in [0.3, 0.4) is 0 Å². The number of fused-ring (bicyclic) bond motifs is 1. The Labute approximate surface area is 165 Å². The van der Waals surface area contributed by atoms with Gasteiger partial charge in [-0.2, -0.15) is 11.8 Å². The van der Waals surface area contributed by atoms with Crippen molar-refractivity contribution in [1.82, 2.24) is 15.1 Å². The summed E-state index contributed by atoms with van der Waals surface area (Å²) in [5.41, 5.74) is 0.452. The normalized spacial score (nSPS) is 18.0. The van der Waals surface area contributed by atoms with Crippen molar-refractivity contribution >= 4 is 41.5 Å². The largest absolute Gasteiger partial charge is 0.451 e. The molecule has 0 radical (unpaired) electrons. The van der Waals surface area contributed by atoms with Gasteiger partial charge < -0.3 is 10.1 Å². The molecule has 0 saturated carbocycles. The van der Waals surface area contributed by atoms with E-state index in [2.05, 4.69) is 5.32 Å². The first-order valence-electron chi connectivity index (χ1n) is 8.62. The number of hydrogen-bond donors (Lipinski definition) is 1. The van der Waals surface area contributed by atoms with Crippen molar-refractivity contribution in [1.29, 1.82) is 0 Å². The molecule has 3 rings (SSSR count). The number of urea groups is 1. The molecule has 148 valence electrons. The maximum Gasteiger partial charge on any atom is 0.331 e. The van der Waals surface area contributed by atoms with Gasteiger partial charge in [-0.3, -0.25) is 24.2 Å². The minimum atomic E-state index is -1.23. The van der Waals surface area contributed by atoms with E-state index in [9.17, 15) is 24.0 Å². The van der Waals surface area contributed by atoms with Gasteiger partial charge in [-0.05, 0) is 25.3 Å². The van der Waals surface area contributed by atoms with Gasteiger partial charge in [0.2, 0.25) is 0 Å². The molecule has 0 bridgehead atoms.